The molecule has 0 fully saturated rings. The Morgan fingerprint density at radius 2 is 2.29 bits per heavy atom. The van der Waals surface area contributed by atoms with Gasteiger partial charge in [-0.3, -0.25) is 0 Å². The van der Waals surface area contributed by atoms with Crippen molar-refractivity contribution in [3.8, 4) is 0 Å². The summed E-state index contributed by atoms with van der Waals surface area (Å²) in [4.78, 5) is 0. The third-order valence-corrected chi connectivity index (χ3v) is 3.25. The molecule has 0 saturated heterocycles. The van der Waals surface area contributed by atoms with Crippen LogP contribution in [0.15, 0.2) is 22.7 Å². The van der Waals surface area contributed by atoms with E-state index in [1.165, 1.54) is 4.48 Å². The van der Waals surface area contributed by atoms with Crippen molar-refractivity contribution in [3.63, 3.8) is 0 Å². The molecule has 1 rings (SSSR count). The highest BCUT2D eigenvalue weighted by Gasteiger charge is 2.21. The van der Waals surface area contributed by atoms with E-state index in [0.717, 1.165) is 12.8 Å². The summed E-state index contributed by atoms with van der Waals surface area (Å²) in [6, 6.07) is 0. The fourth-order valence-corrected chi connectivity index (χ4v) is 2.35. The van der Waals surface area contributed by atoms with Crippen LogP contribution in [0.3, 0.4) is 0 Å². The molecule has 0 bridgehead atoms. The fraction of sp³-hybridized carbons (Fsp3) is 0.667. The van der Waals surface area contributed by atoms with Gasteiger partial charge in [-0.2, -0.15) is 0 Å². The zero-order chi connectivity index (χ0) is 10.8. The summed E-state index contributed by atoms with van der Waals surface area (Å²) in [5.41, 5.74) is 5.97. The first-order valence-corrected chi connectivity index (χ1v) is 6.00. The molecule has 80 valence electrons. The van der Waals surface area contributed by atoms with Crippen molar-refractivity contribution >= 4 is 15.9 Å². The van der Waals surface area contributed by atoms with E-state index in [0.29, 0.717) is 11.8 Å². The summed E-state index contributed by atoms with van der Waals surface area (Å²) in [6.45, 7) is 6.49. The lowest BCUT2D eigenvalue weighted by Crippen LogP contribution is -2.35. The average molecular weight is 258 g/mol. The van der Waals surface area contributed by atoms with Gasteiger partial charge in [-0.1, -0.05) is 41.1 Å². The first-order chi connectivity index (χ1) is 6.38. The molecule has 0 aromatic rings. The Labute approximate surface area is 95.6 Å². The van der Waals surface area contributed by atoms with Gasteiger partial charge in [-0.15, -0.1) is 0 Å². The first-order valence-electron chi connectivity index (χ1n) is 5.21. The zero-order valence-corrected chi connectivity index (χ0v) is 10.8. The lowest BCUT2D eigenvalue weighted by molar-refractivity contribution is 0.318. The Hall–Kier alpha value is -0.0800. The molecule has 1 aliphatic carbocycles. The van der Waals surface area contributed by atoms with E-state index in [-0.39, 0.29) is 5.54 Å². The third kappa shape index (κ3) is 3.97. The van der Waals surface area contributed by atoms with Crippen LogP contribution in [0.1, 0.15) is 33.6 Å². The Morgan fingerprint density at radius 1 is 1.64 bits per heavy atom. The van der Waals surface area contributed by atoms with Crippen molar-refractivity contribution in [1.82, 2.24) is 0 Å². The van der Waals surface area contributed by atoms with Crippen LogP contribution in [0.2, 0.25) is 0 Å². The molecule has 1 nitrogen and oxygen atoms in total. The fourth-order valence-electron chi connectivity index (χ4n) is 2.01. The van der Waals surface area contributed by atoms with Crippen molar-refractivity contribution in [3.05, 3.63) is 22.7 Å². The molecule has 0 amide bonds. The summed E-state index contributed by atoms with van der Waals surface area (Å²) in [5.74, 6) is 1.31. The highest BCUT2D eigenvalue weighted by Crippen LogP contribution is 2.29. The number of allylic oxidation sites excluding steroid dienone is 4. The topological polar surface area (TPSA) is 26.0 Å². The van der Waals surface area contributed by atoms with Gasteiger partial charge in [-0.25, -0.2) is 0 Å². The summed E-state index contributed by atoms with van der Waals surface area (Å²) < 4.78 is 1.20. The molecule has 14 heavy (non-hydrogen) atoms. The summed E-state index contributed by atoms with van der Waals surface area (Å²) in [6.07, 6.45) is 8.89. The Balaban J connectivity index is 2.48. The number of hydrogen-bond donors (Lipinski definition) is 1. The van der Waals surface area contributed by atoms with Crippen LogP contribution in [0, 0.1) is 11.8 Å². The average Bonchev–Trinajstić information content (AvgIpc) is 2.02. The van der Waals surface area contributed by atoms with Gasteiger partial charge in [0.05, 0.1) is 0 Å². The second kappa shape index (κ2) is 4.63. The minimum absolute atomic E-state index is 0.0500. The predicted octanol–water partition coefficient (Wildman–Crippen LogP) is 3.60. The minimum atomic E-state index is -0.0500. The molecule has 0 aromatic carbocycles. The predicted molar refractivity (Wildman–Crippen MR) is 66.3 cm³/mol. The SMILES string of the molecule is CC(CC(C)(C)N)C1C=CC(Br)=CC1. The van der Waals surface area contributed by atoms with Crippen LogP contribution in [-0.4, -0.2) is 5.54 Å². The van der Waals surface area contributed by atoms with Crippen molar-refractivity contribution in [2.24, 2.45) is 17.6 Å². The Kier molecular flexibility index (Phi) is 3.96. The van der Waals surface area contributed by atoms with Crippen molar-refractivity contribution in [2.45, 2.75) is 39.2 Å². The molecule has 2 N–H and O–H groups in total. The standard InChI is InChI=1S/C12H20BrN/c1-9(8-12(2,3)14)10-4-6-11(13)7-5-10/h4,6-7,9-10H,5,8,14H2,1-3H3. The summed E-state index contributed by atoms with van der Waals surface area (Å²) >= 11 is 3.48. The van der Waals surface area contributed by atoms with Gasteiger partial charge in [0, 0.05) is 10.0 Å². The van der Waals surface area contributed by atoms with Gasteiger partial charge in [-0.05, 0) is 38.5 Å². The first kappa shape index (κ1) is 12.0. The largest absolute Gasteiger partial charge is 0.326 e. The second-order valence-electron chi connectivity index (χ2n) is 5.02. The molecule has 0 saturated carbocycles. The molecular weight excluding hydrogens is 238 g/mol. The van der Waals surface area contributed by atoms with Gasteiger partial charge < -0.3 is 5.73 Å². The van der Waals surface area contributed by atoms with Gasteiger partial charge in [0.15, 0.2) is 0 Å². The molecular formula is C12H20BrN. The van der Waals surface area contributed by atoms with E-state index < -0.39 is 0 Å². The highest BCUT2D eigenvalue weighted by atomic mass is 79.9. The lowest BCUT2D eigenvalue weighted by Gasteiger charge is -2.28. The quantitative estimate of drug-likeness (QED) is 0.822. The van der Waals surface area contributed by atoms with E-state index >= 15 is 0 Å². The molecule has 0 spiro atoms. The van der Waals surface area contributed by atoms with Gasteiger partial charge in [0.1, 0.15) is 0 Å². The van der Waals surface area contributed by atoms with E-state index in [4.69, 9.17) is 5.73 Å². The van der Waals surface area contributed by atoms with Crippen molar-refractivity contribution in [2.75, 3.05) is 0 Å². The molecule has 1 aliphatic rings. The number of hydrogen-bond acceptors (Lipinski definition) is 1. The maximum Gasteiger partial charge on any atom is 0.0132 e. The normalized spacial score (nSPS) is 24.6. The molecule has 2 unspecified atom stereocenters. The second-order valence-corrected chi connectivity index (χ2v) is 5.93. The summed E-state index contributed by atoms with van der Waals surface area (Å²) in [5, 5.41) is 0. The van der Waals surface area contributed by atoms with Crippen molar-refractivity contribution < 1.29 is 0 Å². The number of nitrogens with two attached hydrogens (primary N) is 1. The minimum Gasteiger partial charge on any atom is -0.326 e. The van der Waals surface area contributed by atoms with Crippen LogP contribution >= 0.6 is 15.9 Å². The van der Waals surface area contributed by atoms with E-state index in [9.17, 15) is 0 Å². The molecule has 0 aromatic heterocycles. The third-order valence-electron chi connectivity index (χ3n) is 2.67. The van der Waals surface area contributed by atoms with E-state index in [1.807, 2.05) is 0 Å². The van der Waals surface area contributed by atoms with Crippen LogP contribution in [0.5, 0.6) is 0 Å². The lowest BCUT2D eigenvalue weighted by atomic mass is 9.81. The number of halogens is 1. The maximum atomic E-state index is 6.02. The van der Waals surface area contributed by atoms with Crippen molar-refractivity contribution in [1.29, 1.82) is 0 Å². The van der Waals surface area contributed by atoms with Crippen LogP contribution in [0.4, 0.5) is 0 Å². The molecule has 2 atom stereocenters. The van der Waals surface area contributed by atoms with Crippen LogP contribution < -0.4 is 5.73 Å². The summed E-state index contributed by atoms with van der Waals surface area (Å²) in [7, 11) is 0. The number of rotatable bonds is 3. The Morgan fingerprint density at radius 3 is 2.71 bits per heavy atom. The molecule has 0 aliphatic heterocycles. The smallest absolute Gasteiger partial charge is 0.0132 e. The highest BCUT2D eigenvalue weighted by molar-refractivity contribution is 9.11. The maximum absolute atomic E-state index is 6.02. The zero-order valence-electron chi connectivity index (χ0n) is 9.26. The molecule has 0 radical (unpaired) electrons. The van der Waals surface area contributed by atoms with Gasteiger partial charge in [0.2, 0.25) is 0 Å². The van der Waals surface area contributed by atoms with Gasteiger partial charge >= 0.3 is 0 Å². The van der Waals surface area contributed by atoms with Gasteiger partial charge in [0.25, 0.3) is 0 Å². The Bertz CT molecular complexity index is 248. The van der Waals surface area contributed by atoms with E-state index in [1.54, 1.807) is 0 Å². The van der Waals surface area contributed by atoms with Crippen LogP contribution in [0.25, 0.3) is 0 Å². The molecule has 2 heteroatoms. The van der Waals surface area contributed by atoms with Crippen LogP contribution in [-0.2, 0) is 0 Å². The monoisotopic (exact) mass is 257 g/mol. The molecule has 0 heterocycles. The van der Waals surface area contributed by atoms with E-state index in [2.05, 4.69) is 54.9 Å².